The van der Waals surface area contributed by atoms with E-state index in [1.54, 1.807) is 60.7 Å². The molecular formula is C23H18ClN7O. The van der Waals surface area contributed by atoms with Crippen LogP contribution in [0.3, 0.4) is 0 Å². The summed E-state index contributed by atoms with van der Waals surface area (Å²) in [6.45, 7) is 1.83. The number of benzene rings is 1. The highest BCUT2D eigenvalue weighted by Gasteiger charge is 2.18. The number of hydrogen-bond acceptors (Lipinski definition) is 6. The second-order valence-corrected chi connectivity index (χ2v) is 7.59. The van der Waals surface area contributed by atoms with Crippen LogP contribution in [-0.4, -0.2) is 30.6 Å². The lowest BCUT2D eigenvalue weighted by Gasteiger charge is -2.15. The van der Waals surface area contributed by atoms with Gasteiger partial charge >= 0.3 is 0 Å². The van der Waals surface area contributed by atoms with Gasteiger partial charge < -0.3 is 5.32 Å². The van der Waals surface area contributed by atoms with Crippen LogP contribution in [-0.2, 0) is 7.05 Å². The van der Waals surface area contributed by atoms with Gasteiger partial charge in [-0.05, 0) is 42.8 Å². The van der Waals surface area contributed by atoms with E-state index >= 15 is 0 Å². The van der Waals surface area contributed by atoms with Gasteiger partial charge in [0.15, 0.2) is 5.82 Å². The molecular weight excluding hydrogens is 426 g/mol. The number of aromatic nitrogens is 5. The lowest BCUT2D eigenvalue weighted by atomic mass is 10.1. The van der Waals surface area contributed by atoms with Gasteiger partial charge in [0.25, 0.3) is 5.91 Å². The summed E-state index contributed by atoms with van der Waals surface area (Å²) in [5.74, 6) is 0.0228. The first-order valence-corrected chi connectivity index (χ1v) is 10.1. The fraction of sp³-hybridized carbons (Fsp3) is 0.130. The van der Waals surface area contributed by atoms with Crippen molar-refractivity contribution in [3.8, 4) is 28.7 Å². The van der Waals surface area contributed by atoms with Gasteiger partial charge in [0, 0.05) is 30.0 Å². The number of rotatable bonds is 5. The standard InChI is InChI=1S/C23H18ClN7O/c1-14(16-7-8-26-19(9-16)11-25)28-23(32)21-10-20(15-3-5-18(24)6-4-15)29-22(30-21)17-12-27-31(2)13-17/h3-10,12-14H,1-2H3,(H,28,32)/t14-/m0/s1. The zero-order valence-electron chi connectivity index (χ0n) is 17.3. The average molecular weight is 444 g/mol. The van der Waals surface area contributed by atoms with Gasteiger partial charge in [0.1, 0.15) is 17.5 Å². The van der Waals surface area contributed by atoms with Crippen molar-refractivity contribution in [1.29, 1.82) is 5.26 Å². The van der Waals surface area contributed by atoms with Crippen LogP contribution in [0, 0.1) is 11.3 Å². The molecule has 1 N–H and O–H groups in total. The Kier molecular flexibility index (Phi) is 5.92. The van der Waals surface area contributed by atoms with E-state index in [1.165, 1.54) is 0 Å². The predicted molar refractivity (Wildman–Crippen MR) is 120 cm³/mol. The molecule has 0 spiro atoms. The first kappa shape index (κ1) is 21.2. The van der Waals surface area contributed by atoms with Gasteiger partial charge in [-0.3, -0.25) is 9.48 Å². The molecule has 0 radical (unpaired) electrons. The first-order valence-electron chi connectivity index (χ1n) is 9.74. The maximum absolute atomic E-state index is 13.1. The molecule has 158 valence electrons. The Morgan fingerprint density at radius 3 is 2.62 bits per heavy atom. The molecule has 4 rings (SSSR count). The van der Waals surface area contributed by atoms with Gasteiger partial charge in [-0.2, -0.15) is 10.4 Å². The maximum atomic E-state index is 13.1. The molecule has 8 nitrogen and oxygen atoms in total. The molecule has 0 saturated carbocycles. The molecule has 32 heavy (non-hydrogen) atoms. The second kappa shape index (κ2) is 8.96. The summed E-state index contributed by atoms with van der Waals surface area (Å²) in [4.78, 5) is 26.2. The van der Waals surface area contributed by atoms with Crippen LogP contribution in [0.4, 0.5) is 0 Å². The number of nitrogens with zero attached hydrogens (tertiary/aromatic N) is 6. The third-order valence-corrected chi connectivity index (χ3v) is 5.06. The van der Waals surface area contributed by atoms with Crippen LogP contribution in [0.25, 0.3) is 22.6 Å². The highest BCUT2D eigenvalue weighted by atomic mass is 35.5. The normalized spacial score (nSPS) is 11.6. The number of aryl methyl sites for hydroxylation is 1. The molecule has 0 unspecified atom stereocenters. The third kappa shape index (κ3) is 4.63. The van der Waals surface area contributed by atoms with E-state index in [2.05, 4.69) is 25.4 Å². The summed E-state index contributed by atoms with van der Waals surface area (Å²) in [6.07, 6.45) is 4.97. The highest BCUT2D eigenvalue weighted by Crippen LogP contribution is 2.24. The summed E-state index contributed by atoms with van der Waals surface area (Å²) in [6, 6.07) is 13.9. The van der Waals surface area contributed by atoms with E-state index in [1.807, 2.05) is 25.1 Å². The van der Waals surface area contributed by atoms with Crippen molar-refractivity contribution < 1.29 is 4.79 Å². The smallest absolute Gasteiger partial charge is 0.270 e. The Hall–Kier alpha value is -4.09. The number of halogens is 1. The summed E-state index contributed by atoms with van der Waals surface area (Å²) in [7, 11) is 1.80. The van der Waals surface area contributed by atoms with Crippen LogP contribution in [0.5, 0.6) is 0 Å². The molecule has 9 heteroatoms. The second-order valence-electron chi connectivity index (χ2n) is 7.15. The molecule has 0 saturated heterocycles. The molecule has 0 aliphatic carbocycles. The minimum Gasteiger partial charge on any atom is -0.344 e. The largest absolute Gasteiger partial charge is 0.344 e. The average Bonchev–Trinajstić information content (AvgIpc) is 3.25. The van der Waals surface area contributed by atoms with Crippen LogP contribution in [0.15, 0.2) is 61.1 Å². The van der Waals surface area contributed by atoms with Gasteiger partial charge in [0.05, 0.1) is 23.5 Å². The third-order valence-electron chi connectivity index (χ3n) is 4.81. The fourth-order valence-corrected chi connectivity index (χ4v) is 3.26. The molecule has 0 bridgehead atoms. The quantitative estimate of drug-likeness (QED) is 0.500. The van der Waals surface area contributed by atoms with Crippen LogP contribution in [0.2, 0.25) is 5.02 Å². The molecule has 1 atom stereocenters. The van der Waals surface area contributed by atoms with E-state index < -0.39 is 0 Å². The number of pyridine rings is 1. The van der Waals surface area contributed by atoms with Gasteiger partial charge in [-0.1, -0.05) is 23.7 Å². The highest BCUT2D eigenvalue weighted by molar-refractivity contribution is 6.30. The number of nitrogens with one attached hydrogen (secondary N) is 1. The predicted octanol–water partition coefficient (Wildman–Crippen LogP) is 3.96. The molecule has 3 heterocycles. The molecule has 1 amide bonds. The van der Waals surface area contributed by atoms with Gasteiger partial charge in [-0.15, -0.1) is 0 Å². The van der Waals surface area contributed by atoms with Gasteiger partial charge in [0.2, 0.25) is 0 Å². The molecule has 3 aromatic heterocycles. The SMILES string of the molecule is C[C@H](NC(=O)c1cc(-c2ccc(Cl)cc2)nc(-c2cnn(C)c2)n1)c1ccnc(C#N)c1. The van der Waals surface area contributed by atoms with E-state index in [4.69, 9.17) is 16.9 Å². The van der Waals surface area contributed by atoms with E-state index in [9.17, 15) is 4.79 Å². The Morgan fingerprint density at radius 1 is 1.16 bits per heavy atom. The van der Waals surface area contributed by atoms with Gasteiger partial charge in [-0.25, -0.2) is 15.0 Å². The molecule has 0 fully saturated rings. The molecule has 0 aliphatic heterocycles. The molecule has 4 aromatic rings. The minimum atomic E-state index is -0.365. The minimum absolute atomic E-state index is 0.213. The van der Waals surface area contributed by atoms with Crippen molar-refractivity contribution in [3.63, 3.8) is 0 Å². The summed E-state index contributed by atoms with van der Waals surface area (Å²) >= 11 is 6.02. The lowest BCUT2D eigenvalue weighted by molar-refractivity contribution is 0.0935. The Labute approximate surface area is 189 Å². The van der Waals surface area contributed by atoms with E-state index in [-0.39, 0.29) is 23.3 Å². The van der Waals surface area contributed by atoms with Crippen molar-refractivity contribution in [1.82, 2.24) is 30.0 Å². The zero-order chi connectivity index (χ0) is 22.7. The van der Waals surface area contributed by atoms with E-state index in [0.29, 0.717) is 22.1 Å². The lowest BCUT2D eigenvalue weighted by Crippen LogP contribution is -2.28. The number of carbonyl (C=O) groups is 1. The van der Waals surface area contributed by atoms with Crippen LogP contribution < -0.4 is 5.32 Å². The first-order chi connectivity index (χ1) is 15.4. The Morgan fingerprint density at radius 2 is 1.94 bits per heavy atom. The van der Waals surface area contributed by atoms with Crippen molar-refractivity contribution in [2.75, 3.05) is 0 Å². The number of amides is 1. The zero-order valence-corrected chi connectivity index (χ0v) is 18.1. The Balaban J connectivity index is 1.70. The van der Waals surface area contributed by atoms with Crippen molar-refractivity contribution >= 4 is 17.5 Å². The van der Waals surface area contributed by atoms with Crippen molar-refractivity contribution in [3.05, 3.63) is 83.0 Å². The summed E-state index contributed by atoms with van der Waals surface area (Å²) < 4.78 is 1.64. The van der Waals surface area contributed by atoms with Crippen molar-refractivity contribution in [2.45, 2.75) is 13.0 Å². The van der Waals surface area contributed by atoms with Crippen LogP contribution >= 0.6 is 11.6 Å². The van der Waals surface area contributed by atoms with Crippen LogP contribution in [0.1, 0.15) is 34.7 Å². The number of carbonyl (C=O) groups excluding carboxylic acids is 1. The van der Waals surface area contributed by atoms with Crippen molar-refractivity contribution in [2.24, 2.45) is 7.05 Å². The molecule has 1 aromatic carbocycles. The summed E-state index contributed by atoms with van der Waals surface area (Å²) in [5, 5.41) is 16.8. The topological polar surface area (TPSA) is 109 Å². The summed E-state index contributed by atoms with van der Waals surface area (Å²) in [5.41, 5.74) is 3.35. The monoisotopic (exact) mass is 443 g/mol. The number of hydrogen-bond donors (Lipinski definition) is 1. The Bertz CT molecular complexity index is 1320. The molecule has 0 aliphatic rings. The number of nitriles is 1. The fourth-order valence-electron chi connectivity index (χ4n) is 3.13. The maximum Gasteiger partial charge on any atom is 0.270 e. The van der Waals surface area contributed by atoms with E-state index in [0.717, 1.165) is 11.1 Å².